The normalized spacial score (nSPS) is 14.1. The van der Waals surface area contributed by atoms with Crippen LogP contribution in [-0.4, -0.2) is 49.3 Å². The Morgan fingerprint density at radius 3 is 1.34 bits per heavy atom. The maximum atomic E-state index is 12.6. The molecule has 0 aromatic carbocycles. The van der Waals surface area contributed by atoms with Crippen molar-refractivity contribution in [3.63, 3.8) is 0 Å². The van der Waals surface area contributed by atoms with Gasteiger partial charge < -0.3 is 20.1 Å². The van der Waals surface area contributed by atoms with Gasteiger partial charge in [0, 0.05) is 19.4 Å². The van der Waals surface area contributed by atoms with Crippen LogP contribution in [-0.2, 0) is 32.7 Å². The van der Waals surface area contributed by atoms with Gasteiger partial charge in [0.25, 0.3) is 0 Å². The Morgan fingerprint density at radius 1 is 0.500 bits per heavy atom. The van der Waals surface area contributed by atoms with E-state index in [4.69, 9.17) is 24.3 Å². The Kier molecular flexibility index (Phi) is 45.1. The molecule has 0 aromatic rings. The number of hydrogen-bond acceptors (Lipinski definition) is 8. The van der Waals surface area contributed by atoms with Crippen LogP contribution in [0.15, 0.2) is 97.2 Å². The third kappa shape index (κ3) is 46.4. The minimum Gasteiger partial charge on any atom is -0.462 e. The van der Waals surface area contributed by atoms with Gasteiger partial charge in [0.05, 0.1) is 13.2 Å². The first kappa shape index (κ1) is 58.9. The van der Waals surface area contributed by atoms with Gasteiger partial charge in [-0.1, -0.05) is 175 Å². The zero-order chi connectivity index (χ0) is 45.3. The van der Waals surface area contributed by atoms with Crippen LogP contribution in [0.25, 0.3) is 0 Å². The molecule has 0 heterocycles. The molecule has 0 spiro atoms. The number of unbranched alkanes of at least 4 members (excludes halogenated alkanes) is 15. The molecule has 0 fully saturated rings. The lowest BCUT2D eigenvalue weighted by Gasteiger charge is -2.19. The maximum Gasteiger partial charge on any atom is 0.472 e. The molecular formula is C52H88NO8P. The van der Waals surface area contributed by atoms with E-state index in [1.807, 2.05) is 0 Å². The van der Waals surface area contributed by atoms with Crippen molar-refractivity contribution >= 4 is 19.8 Å². The third-order valence-electron chi connectivity index (χ3n) is 9.70. The number of esters is 2. The molecule has 0 aliphatic carbocycles. The van der Waals surface area contributed by atoms with E-state index in [9.17, 15) is 19.0 Å². The van der Waals surface area contributed by atoms with Crippen molar-refractivity contribution in [2.45, 2.75) is 193 Å². The van der Waals surface area contributed by atoms with Crippen LogP contribution in [0.1, 0.15) is 187 Å². The minimum atomic E-state index is -4.39. The van der Waals surface area contributed by atoms with E-state index in [1.54, 1.807) is 0 Å². The number of carbonyl (C=O) groups is 2. The van der Waals surface area contributed by atoms with Gasteiger partial charge in [-0.3, -0.25) is 18.6 Å². The third-order valence-corrected chi connectivity index (χ3v) is 10.7. The Bertz CT molecular complexity index is 1330. The monoisotopic (exact) mass is 886 g/mol. The van der Waals surface area contributed by atoms with Crippen molar-refractivity contribution in [3.8, 4) is 0 Å². The zero-order valence-electron chi connectivity index (χ0n) is 39.1. The SMILES string of the molecule is CC/C=C\C/C=C\C/C=C\C/C=C\C/C=C\C/C=C\C/C=C\CCCCCCCCCC(=O)OC(COC(=O)CCCCCCC/C=C\CCCCC)COP(=O)(O)OCCN. The summed E-state index contributed by atoms with van der Waals surface area (Å²) in [5, 5.41) is 0. The average molecular weight is 886 g/mol. The number of allylic oxidation sites excluding steroid dienone is 16. The average Bonchev–Trinajstić information content (AvgIpc) is 3.26. The van der Waals surface area contributed by atoms with E-state index in [1.165, 1.54) is 38.5 Å². The number of rotatable bonds is 44. The van der Waals surface area contributed by atoms with E-state index in [-0.39, 0.29) is 32.6 Å². The molecule has 2 unspecified atom stereocenters. The smallest absolute Gasteiger partial charge is 0.462 e. The van der Waals surface area contributed by atoms with E-state index in [2.05, 4.69) is 111 Å². The lowest BCUT2D eigenvalue weighted by Crippen LogP contribution is -2.29. The van der Waals surface area contributed by atoms with E-state index >= 15 is 0 Å². The van der Waals surface area contributed by atoms with Gasteiger partial charge in [0.15, 0.2) is 6.10 Å². The van der Waals surface area contributed by atoms with Crippen LogP contribution in [0.5, 0.6) is 0 Å². The number of carbonyl (C=O) groups excluding carboxylic acids is 2. The van der Waals surface area contributed by atoms with E-state index < -0.39 is 32.5 Å². The topological polar surface area (TPSA) is 134 Å². The number of nitrogens with two attached hydrogens (primary N) is 1. The standard InChI is InChI=1S/C52H88NO8P/c1-3-5-7-9-11-13-15-17-18-19-20-21-22-23-24-25-26-27-28-29-30-31-32-33-35-37-39-41-43-45-52(55)61-50(49-60-62(56,57)59-47-46-53)48-58-51(54)44-42-40-38-36-34-16-14-12-10-8-6-4-2/h5,7,11-14,17-18,20-21,23-24,26-27,29-30,50H,3-4,6,8-10,15-16,19,22,25,28,31-49,53H2,1-2H3,(H,56,57)/b7-5-,13-11-,14-12-,18-17-,21-20-,24-23-,27-26-,30-29-. The second kappa shape index (κ2) is 47.4. The second-order valence-corrected chi connectivity index (χ2v) is 17.0. The predicted octanol–water partition coefficient (Wildman–Crippen LogP) is 14.6. The summed E-state index contributed by atoms with van der Waals surface area (Å²) in [4.78, 5) is 34.9. The minimum absolute atomic E-state index is 0.0454. The largest absolute Gasteiger partial charge is 0.472 e. The van der Waals surface area contributed by atoms with Gasteiger partial charge in [-0.05, 0) is 96.3 Å². The first-order valence-electron chi connectivity index (χ1n) is 24.2. The molecule has 0 saturated heterocycles. The lowest BCUT2D eigenvalue weighted by atomic mass is 10.1. The summed E-state index contributed by atoms with van der Waals surface area (Å²) in [6.07, 6.45) is 61.6. The highest BCUT2D eigenvalue weighted by Crippen LogP contribution is 2.43. The first-order chi connectivity index (χ1) is 30.3. The fraction of sp³-hybridized carbons (Fsp3) is 0.654. The second-order valence-electron chi connectivity index (χ2n) is 15.6. The predicted molar refractivity (Wildman–Crippen MR) is 261 cm³/mol. The number of hydrogen-bond donors (Lipinski definition) is 2. The quantitative estimate of drug-likeness (QED) is 0.0265. The van der Waals surface area contributed by atoms with Crippen LogP contribution < -0.4 is 5.73 Å². The molecule has 0 rings (SSSR count). The van der Waals surface area contributed by atoms with Gasteiger partial charge >= 0.3 is 19.8 Å². The highest BCUT2D eigenvalue weighted by Gasteiger charge is 2.26. The molecule has 0 aliphatic heterocycles. The summed E-state index contributed by atoms with van der Waals surface area (Å²) in [6.45, 7) is 3.55. The lowest BCUT2D eigenvalue weighted by molar-refractivity contribution is -0.161. The Hall–Kier alpha value is -3.07. The molecule has 2 atom stereocenters. The molecule has 0 aromatic heterocycles. The summed E-state index contributed by atoms with van der Waals surface area (Å²) < 4.78 is 32.8. The van der Waals surface area contributed by atoms with Gasteiger partial charge in [-0.15, -0.1) is 0 Å². The summed E-state index contributed by atoms with van der Waals surface area (Å²) in [7, 11) is -4.39. The summed E-state index contributed by atoms with van der Waals surface area (Å²) in [5.41, 5.74) is 5.35. The van der Waals surface area contributed by atoms with Crippen molar-refractivity contribution in [2.75, 3.05) is 26.4 Å². The van der Waals surface area contributed by atoms with Crippen LogP contribution >= 0.6 is 7.82 Å². The van der Waals surface area contributed by atoms with E-state index in [0.717, 1.165) is 109 Å². The molecule has 62 heavy (non-hydrogen) atoms. The van der Waals surface area contributed by atoms with Crippen molar-refractivity contribution < 1.29 is 37.6 Å². The van der Waals surface area contributed by atoms with Crippen molar-refractivity contribution in [3.05, 3.63) is 97.2 Å². The molecule has 0 bridgehead atoms. The molecular weight excluding hydrogens is 798 g/mol. The number of phosphoric acid groups is 1. The van der Waals surface area contributed by atoms with Gasteiger partial charge in [-0.25, -0.2) is 4.57 Å². The molecule has 10 heteroatoms. The molecule has 3 N–H and O–H groups in total. The Labute approximate surface area is 378 Å². The van der Waals surface area contributed by atoms with Crippen molar-refractivity contribution in [1.29, 1.82) is 0 Å². The fourth-order valence-corrected chi connectivity index (χ4v) is 6.90. The van der Waals surface area contributed by atoms with Crippen molar-refractivity contribution in [1.82, 2.24) is 0 Å². The van der Waals surface area contributed by atoms with Crippen LogP contribution in [0.2, 0.25) is 0 Å². The zero-order valence-corrected chi connectivity index (χ0v) is 40.0. The molecule has 0 amide bonds. The highest BCUT2D eigenvalue weighted by molar-refractivity contribution is 7.47. The summed E-state index contributed by atoms with van der Waals surface area (Å²) >= 11 is 0. The van der Waals surface area contributed by atoms with Crippen molar-refractivity contribution in [2.24, 2.45) is 5.73 Å². The Balaban J connectivity index is 4.09. The molecule has 0 saturated carbocycles. The summed E-state index contributed by atoms with van der Waals surface area (Å²) in [5.74, 6) is -0.860. The maximum absolute atomic E-state index is 12.6. The number of phosphoric ester groups is 1. The highest BCUT2D eigenvalue weighted by atomic mass is 31.2. The van der Waals surface area contributed by atoms with E-state index in [0.29, 0.717) is 12.8 Å². The molecule has 9 nitrogen and oxygen atoms in total. The summed E-state index contributed by atoms with van der Waals surface area (Å²) in [6, 6.07) is 0. The molecule has 354 valence electrons. The molecule has 0 radical (unpaired) electrons. The van der Waals surface area contributed by atoms with Gasteiger partial charge in [-0.2, -0.15) is 0 Å². The van der Waals surface area contributed by atoms with Crippen LogP contribution in [0.4, 0.5) is 0 Å². The van der Waals surface area contributed by atoms with Crippen LogP contribution in [0.3, 0.4) is 0 Å². The first-order valence-corrected chi connectivity index (χ1v) is 25.7. The van der Waals surface area contributed by atoms with Gasteiger partial charge in [0.2, 0.25) is 0 Å². The Morgan fingerprint density at radius 2 is 0.887 bits per heavy atom. The van der Waals surface area contributed by atoms with Gasteiger partial charge in [0.1, 0.15) is 6.61 Å². The molecule has 0 aliphatic rings. The fourth-order valence-electron chi connectivity index (χ4n) is 6.14. The van der Waals surface area contributed by atoms with Crippen LogP contribution in [0, 0.1) is 0 Å². The number of ether oxygens (including phenoxy) is 2.